The molecular formula is C21H23N5O2. The lowest BCUT2D eigenvalue weighted by Crippen LogP contribution is -2.49. The molecule has 1 unspecified atom stereocenters. The molecule has 3 rings (SSSR count). The molecule has 144 valence electrons. The minimum Gasteiger partial charge on any atom is -0.338 e. The molecule has 3 amide bonds. The van der Waals surface area contributed by atoms with Gasteiger partial charge in [0, 0.05) is 24.8 Å². The van der Waals surface area contributed by atoms with Gasteiger partial charge in [0.25, 0.3) is 0 Å². The first-order valence-electron chi connectivity index (χ1n) is 9.12. The summed E-state index contributed by atoms with van der Waals surface area (Å²) in [4.78, 5) is 25.1. The van der Waals surface area contributed by atoms with Crippen molar-refractivity contribution in [3.05, 3.63) is 84.2 Å². The summed E-state index contributed by atoms with van der Waals surface area (Å²) in [5.74, 6) is -0.264. The van der Waals surface area contributed by atoms with Gasteiger partial charge in [0.2, 0.25) is 5.91 Å². The molecule has 2 aromatic carbocycles. The van der Waals surface area contributed by atoms with Crippen LogP contribution < -0.4 is 16.0 Å². The van der Waals surface area contributed by atoms with Gasteiger partial charge in [0.15, 0.2) is 0 Å². The molecule has 1 heterocycles. The highest BCUT2D eigenvalue weighted by Crippen LogP contribution is 2.09. The zero-order chi connectivity index (χ0) is 19.6. The molecule has 1 aromatic heterocycles. The third-order valence-corrected chi connectivity index (χ3v) is 4.20. The number of hydrogen-bond acceptors (Lipinski definition) is 3. The van der Waals surface area contributed by atoms with Crippen molar-refractivity contribution in [2.75, 3.05) is 11.9 Å². The fourth-order valence-corrected chi connectivity index (χ4v) is 2.75. The van der Waals surface area contributed by atoms with Crippen LogP contribution in [-0.4, -0.2) is 34.7 Å². The van der Waals surface area contributed by atoms with Crippen LogP contribution in [-0.2, 0) is 17.6 Å². The van der Waals surface area contributed by atoms with Crippen molar-refractivity contribution in [3.63, 3.8) is 0 Å². The smallest absolute Gasteiger partial charge is 0.315 e. The monoisotopic (exact) mass is 377 g/mol. The van der Waals surface area contributed by atoms with Crippen LogP contribution >= 0.6 is 0 Å². The summed E-state index contributed by atoms with van der Waals surface area (Å²) >= 11 is 0. The second-order valence-corrected chi connectivity index (χ2v) is 6.35. The van der Waals surface area contributed by atoms with Crippen molar-refractivity contribution in [3.8, 4) is 0 Å². The van der Waals surface area contributed by atoms with E-state index < -0.39 is 6.04 Å². The number of urea groups is 1. The Bertz CT molecular complexity index is 866. The van der Waals surface area contributed by atoms with Crippen molar-refractivity contribution in [1.82, 2.24) is 20.8 Å². The second kappa shape index (κ2) is 9.91. The molecule has 0 radical (unpaired) electrons. The molecule has 7 heteroatoms. The van der Waals surface area contributed by atoms with Crippen LogP contribution in [0.2, 0.25) is 0 Å². The summed E-state index contributed by atoms with van der Waals surface area (Å²) in [6.07, 6.45) is 4.55. The van der Waals surface area contributed by atoms with E-state index in [9.17, 15) is 9.59 Å². The second-order valence-electron chi connectivity index (χ2n) is 6.35. The maximum Gasteiger partial charge on any atom is 0.315 e. The zero-order valence-corrected chi connectivity index (χ0v) is 15.4. The lowest BCUT2D eigenvalue weighted by Gasteiger charge is -2.19. The average Bonchev–Trinajstić information content (AvgIpc) is 3.22. The molecule has 3 aromatic rings. The maximum absolute atomic E-state index is 12.7. The van der Waals surface area contributed by atoms with Crippen LogP contribution in [0.25, 0.3) is 0 Å². The fourth-order valence-electron chi connectivity index (χ4n) is 2.75. The van der Waals surface area contributed by atoms with Crippen LogP contribution in [0.5, 0.6) is 0 Å². The minimum absolute atomic E-state index is 0.264. The van der Waals surface area contributed by atoms with E-state index >= 15 is 0 Å². The number of carbonyl (C=O) groups excluding carboxylic acids is 2. The first kappa shape index (κ1) is 19.2. The molecule has 0 saturated heterocycles. The zero-order valence-electron chi connectivity index (χ0n) is 15.4. The molecule has 4 N–H and O–H groups in total. The van der Waals surface area contributed by atoms with E-state index in [1.807, 2.05) is 60.7 Å². The number of nitrogens with one attached hydrogen (secondary N) is 4. The van der Waals surface area contributed by atoms with Crippen molar-refractivity contribution < 1.29 is 9.59 Å². The van der Waals surface area contributed by atoms with Crippen LogP contribution in [0.15, 0.2) is 73.1 Å². The van der Waals surface area contributed by atoms with Crippen molar-refractivity contribution in [2.24, 2.45) is 0 Å². The third kappa shape index (κ3) is 5.98. The van der Waals surface area contributed by atoms with E-state index in [1.54, 1.807) is 12.4 Å². The number of H-pyrrole nitrogens is 1. The molecule has 0 bridgehead atoms. The molecule has 1 atom stereocenters. The number of nitrogens with zero attached hydrogens (tertiary/aromatic N) is 1. The fraction of sp³-hybridized carbons (Fsp3) is 0.190. The van der Waals surface area contributed by atoms with E-state index in [0.29, 0.717) is 25.1 Å². The summed E-state index contributed by atoms with van der Waals surface area (Å²) in [5, 5.41) is 15.0. The number of rotatable bonds is 8. The number of aromatic nitrogens is 2. The Balaban J connectivity index is 1.59. The molecule has 0 aliphatic heterocycles. The number of benzene rings is 2. The Labute approximate surface area is 163 Å². The number of hydrogen-bond donors (Lipinski definition) is 4. The molecule has 0 aliphatic carbocycles. The normalized spacial score (nSPS) is 11.4. The first-order valence-corrected chi connectivity index (χ1v) is 9.12. The molecule has 0 saturated carbocycles. The number of amides is 3. The lowest BCUT2D eigenvalue weighted by atomic mass is 10.1. The summed E-state index contributed by atoms with van der Waals surface area (Å²) < 4.78 is 0. The number of aromatic amines is 1. The molecule has 0 spiro atoms. The quantitative estimate of drug-likeness (QED) is 0.485. The standard InChI is InChI=1S/C21H23N5O2/c27-20(25-18-9-5-2-6-10-18)19(13-16-7-3-1-4-8-16)26-21(28)22-12-11-17-14-23-24-15-17/h1-10,14-15,19H,11-13H2,(H,23,24)(H,25,27)(H2,22,26,28). The van der Waals surface area contributed by atoms with Crippen LogP contribution in [0.4, 0.5) is 10.5 Å². The van der Waals surface area contributed by atoms with Crippen molar-refractivity contribution >= 4 is 17.6 Å². The van der Waals surface area contributed by atoms with Gasteiger partial charge in [-0.05, 0) is 29.7 Å². The van der Waals surface area contributed by atoms with Crippen molar-refractivity contribution in [1.29, 1.82) is 0 Å². The predicted octanol–water partition coefficient (Wildman–Crippen LogP) is 2.50. The largest absolute Gasteiger partial charge is 0.338 e. The Morgan fingerprint density at radius 1 is 0.964 bits per heavy atom. The average molecular weight is 377 g/mol. The van der Waals surface area contributed by atoms with Crippen LogP contribution in [0, 0.1) is 0 Å². The summed E-state index contributed by atoms with van der Waals surface area (Å²) in [6, 6.07) is 17.7. The molecule has 7 nitrogen and oxygen atoms in total. The molecule has 0 fully saturated rings. The van der Waals surface area contributed by atoms with E-state index in [2.05, 4.69) is 26.1 Å². The third-order valence-electron chi connectivity index (χ3n) is 4.20. The van der Waals surface area contributed by atoms with Gasteiger partial charge >= 0.3 is 6.03 Å². The van der Waals surface area contributed by atoms with Gasteiger partial charge in [0.05, 0.1) is 6.20 Å². The number of carbonyl (C=O) groups is 2. The van der Waals surface area contributed by atoms with Gasteiger partial charge in [-0.25, -0.2) is 4.79 Å². The highest BCUT2D eigenvalue weighted by molar-refractivity contribution is 5.97. The molecule has 28 heavy (non-hydrogen) atoms. The lowest BCUT2D eigenvalue weighted by molar-refractivity contribution is -0.117. The highest BCUT2D eigenvalue weighted by Gasteiger charge is 2.21. The number of para-hydroxylation sites is 1. The highest BCUT2D eigenvalue weighted by atomic mass is 16.2. The Morgan fingerprint density at radius 3 is 2.36 bits per heavy atom. The van der Waals surface area contributed by atoms with Crippen LogP contribution in [0.3, 0.4) is 0 Å². The first-order chi connectivity index (χ1) is 13.7. The van der Waals surface area contributed by atoms with E-state index in [-0.39, 0.29) is 11.9 Å². The molecule has 0 aliphatic rings. The van der Waals surface area contributed by atoms with Gasteiger partial charge in [-0.3, -0.25) is 9.89 Å². The predicted molar refractivity (Wildman–Crippen MR) is 108 cm³/mol. The van der Waals surface area contributed by atoms with Crippen molar-refractivity contribution in [2.45, 2.75) is 18.9 Å². The van der Waals surface area contributed by atoms with Gasteiger partial charge in [-0.1, -0.05) is 48.5 Å². The Morgan fingerprint density at radius 2 is 1.68 bits per heavy atom. The molecular weight excluding hydrogens is 354 g/mol. The topological polar surface area (TPSA) is 98.9 Å². The summed E-state index contributed by atoms with van der Waals surface area (Å²) in [7, 11) is 0. The van der Waals surface area contributed by atoms with E-state index in [4.69, 9.17) is 0 Å². The maximum atomic E-state index is 12.7. The minimum atomic E-state index is -0.698. The number of anilines is 1. The summed E-state index contributed by atoms with van der Waals surface area (Å²) in [5.41, 5.74) is 2.66. The Kier molecular flexibility index (Phi) is 6.78. The van der Waals surface area contributed by atoms with Crippen LogP contribution in [0.1, 0.15) is 11.1 Å². The SMILES string of the molecule is O=C(NCCc1cn[nH]c1)NC(Cc1ccccc1)C(=O)Nc1ccccc1. The van der Waals surface area contributed by atoms with Gasteiger partial charge in [0.1, 0.15) is 6.04 Å². The van der Waals surface area contributed by atoms with Gasteiger partial charge in [-0.2, -0.15) is 5.10 Å². The van der Waals surface area contributed by atoms with E-state index in [1.165, 1.54) is 0 Å². The van der Waals surface area contributed by atoms with Gasteiger partial charge in [-0.15, -0.1) is 0 Å². The van der Waals surface area contributed by atoms with Gasteiger partial charge < -0.3 is 16.0 Å². The van der Waals surface area contributed by atoms with E-state index in [0.717, 1.165) is 11.1 Å². The Hall–Kier alpha value is -3.61. The summed E-state index contributed by atoms with van der Waals surface area (Å²) in [6.45, 7) is 0.448.